The van der Waals surface area contributed by atoms with Crippen molar-refractivity contribution in [2.75, 3.05) is 0 Å². The van der Waals surface area contributed by atoms with E-state index in [1.54, 1.807) is 6.92 Å². The highest BCUT2D eigenvalue weighted by molar-refractivity contribution is 6.10. The molecule has 0 saturated carbocycles. The molecule has 17 heavy (non-hydrogen) atoms. The van der Waals surface area contributed by atoms with Gasteiger partial charge in [-0.1, -0.05) is 19.1 Å². The minimum absolute atomic E-state index is 0.0974. The van der Waals surface area contributed by atoms with Crippen LogP contribution in [0.15, 0.2) is 24.3 Å². The van der Waals surface area contributed by atoms with Crippen LogP contribution >= 0.6 is 0 Å². The predicted molar refractivity (Wildman–Crippen MR) is 58.8 cm³/mol. The molecule has 0 aliphatic heterocycles. The van der Waals surface area contributed by atoms with Gasteiger partial charge in [-0.05, 0) is 12.5 Å². The predicted octanol–water partition coefficient (Wildman–Crippen LogP) is 1.89. The van der Waals surface area contributed by atoms with Crippen LogP contribution in [0.5, 0.6) is 0 Å². The number of nitrogens with zero attached hydrogens (tertiary/aromatic N) is 1. The second kappa shape index (κ2) is 5.20. The molecule has 90 valence electrons. The molecule has 0 amide bonds. The number of aliphatic carboxylic acids is 1. The van der Waals surface area contributed by atoms with Gasteiger partial charge in [0.1, 0.15) is 5.92 Å². The van der Waals surface area contributed by atoms with Crippen molar-refractivity contribution >= 4 is 17.4 Å². The number of rotatable bonds is 5. The van der Waals surface area contributed by atoms with Gasteiger partial charge in [0.25, 0.3) is 5.69 Å². The third kappa shape index (κ3) is 2.66. The zero-order valence-corrected chi connectivity index (χ0v) is 9.12. The smallest absolute Gasteiger partial charge is 0.314 e. The van der Waals surface area contributed by atoms with Crippen molar-refractivity contribution < 1.29 is 19.6 Å². The van der Waals surface area contributed by atoms with Gasteiger partial charge in [0, 0.05) is 6.07 Å². The van der Waals surface area contributed by atoms with E-state index in [0.717, 1.165) is 0 Å². The summed E-state index contributed by atoms with van der Waals surface area (Å²) in [6, 6.07) is 5.35. The van der Waals surface area contributed by atoms with E-state index in [1.807, 2.05) is 0 Å². The average Bonchev–Trinajstić information content (AvgIpc) is 2.29. The van der Waals surface area contributed by atoms with Crippen LogP contribution in [0.4, 0.5) is 5.69 Å². The number of hydrogen-bond acceptors (Lipinski definition) is 4. The fourth-order valence-electron chi connectivity index (χ4n) is 1.50. The van der Waals surface area contributed by atoms with Crippen LogP contribution in [-0.2, 0) is 4.79 Å². The molecule has 1 aromatic rings. The maximum Gasteiger partial charge on any atom is 0.314 e. The third-order valence-electron chi connectivity index (χ3n) is 2.39. The molecule has 1 aromatic carbocycles. The van der Waals surface area contributed by atoms with Gasteiger partial charge in [-0.2, -0.15) is 0 Å². The minimum atomic E-state index is -1.27. The molecule has 1 rings (SSSR count). The number of nitro groups is 1. The van der Waals surface area contributed by atoms with E-state index in [-0.39, 0.29) is 17.7 Å². The van der Waals surface area contributed by atoms with Crippen LogP contribution in [0.1, 0.15) is 23.7 Å². The van der Waals surface area contributed by atoms with Gasteiger partial charge < -0.3 is 5.11 Å². The highest BCUT2D eigenvalue weighted by Crippen LogP contribution is 2.22. The van der Waals surface area contributed by atoms with Crippen LogP contribution < -0.4 is 0 Å². The Morgan fingerprint density at radius 2 is 2.00 bits per heavy atom. The van der Waals surface area contributed by atoms with Gasteiger partial charge in [0.15, 0.2) is 5.78 Å². The number of carbonyl (C=O) groups is 2. The standard InChI is InChI=1S/C11H11NO5/c1-2-7(11(14)15)10(13)8-5-3-4-6-9(8)12(16)17/h3-7H,2H2,1H3,(H,14,15). The van der Waals surface area contributed by atoms with Crippen LogP contribution in [-0.4, -0.2) is 21.8 Å². The van der Waals surface area contributed by atoms with Gasteiger partial charge in [0.2, 0.25) is 0 Å². The summed E-state index contributed by atoms with van der Waals surface area (Å²) in [6.45, 7) is 1.55. The summed E-state index contributed by atoms with van der Waals surface area (Å²) in [5.41, 5.74) is -0.524. The van der Waals surface area contributed by atoms with Crippen LogP contribution in [0, 0.1) is 16.0 Å². The second-order valence-corrected chi connectivity index (χ2v) is 3.44. The molecule has 0 aromatic heterocycles. The lowest BCUT2D eigenvalue weighted by atomic mass is 9.94. The monoisotopic (exact) mass is 237 g/mol. The first kappa shape index (κ1) is 12.8. The number of carboxylic acids is 1. The lowest BCUT2D eigenvalue weighted by Gasteiger charge is -2.08. The van der Waals surface area contributed by atoms with E-state index >= 15 is 0 Å². The Kier molecular flexibility index (Phi) is 3.92. The fourth-order valence-corrected chi connectivity index (χ4v) is 1.50. The molecule has 1 atom stereocenters. The maximum atomic E-state index is 11.9. The molecular formula is C11H11NO5. The summed E-state index contributed by atoms with van der Waals surface area (Å²) in [7, 11) is 0. The second-order valence-electron chi connectivity index (χ2n) is 3.44. The summed E-state index contributed by atoms with van der Waals surface area (Å²) in [5, 5.41) is 19.6. The first-order valence-corrected chi connectivity index (χ1v) is 4.99. The Morgan fingerprint density at radius 1 is 1.41 bits per heavy atom. The molecule has 1 N–H and O–H groups in total. The molecule has 0 aliphatic carbocycles. The Hall–Kier alpha value is -2.24. The average molecular weight is 237 g/mol. The van der Waals surface area contributed by atoms with Crippen molar-refractivity contribution in [3.63, 3.8) is 0 Å². The molecule has 0 aliphatic rings. The van der Waals surface area contributed by atoms with Crippen molar-refractivity contribution in [1.29, 1.82) is 0 Å². The van der Waals surface area contributed by atoms with E-state index in [2.05, 4.69) is 0 Å². The number of Topliss-reactive ketones (excluding diaryl/α,β-unsaturated/α-hetero) is 1. The van der Waals surface area contributed by atoms with Crippen molar-refractivity contribution in [1.82, 2.24) is 0 Å². The fraction of sp³-hybridized carbons (Fsp3) is 0.273. The Labute approximate surface area is 97.0 Å². The number of ketones is 1. The molecule has 6 heteroatoms. The summed E-state index contributed by atoms with van der Waals surface area (Å²) >= 11 is 0. The van der Waals surface area contributed by atoms with Gasteiger partial charge in [0.05, 0.1) is 10.5 Å². The van der Waals surface area contributed by atoms with Gasteiger partial charge in [-0.3, -0.25) is 19.7 Å². The summed E-state index contributed by atoms with van der Waals surface area (Å²) in [6.07, 6.45) is 0.0974. The molecule has 0 radical (unpaired) electrons. The van der Waals surface area contributed by atoms with Crippen molar-refractivity contribution in [3.8, 4) is 0 Å². The zero-order valence-electron chi connectivity index (χ0n) is 9.12. The molecule has 0 heterocycles. The topological polar surface area (TPSA) is 97.5 Å². The molecule has 6 nitrogen and oxygen atoms in total. The lowest BCUT2D eigenvalue weighted by molar-refractivity contribution is -0.385. The normalized spacial score (nSPS) is 11.8. The third-order valence-corrected chi connectivity index (χ3v) is 2.39. The molecule has 0 spiro atoms. The maximum absolute atomic E-state index is 11.9. The van der Waals surface area contributed by atoms with Crippen molar-refractivity contribution in [3.05, 3.63) is 39.9 Å². The number of hydrogen-bond donors (Lipinski definition) is 1. The van der Waals surface area contributed by atoms with E-state index in [1.165, 1.54) is 24.3 Å². The highest BCUT2D eigenvalue weighted by atomic mass is 16.6. The Morgan fingerprint density at radius 3 is 2.47 bits per heavy atom. The summed E-state index contributed by atoms with van der Waals surface area (Å²) in [4.78, 5) is 32.7. The van der Waals surface area contributed by atoms with Gasteiger partial charge >= 0.3 is 5.97 Å². The summed E-state index contributed by atoms with van der Waals surface area (Å²) in [5.74, 6) is -3.24. The van der Waals surface area contributed by atoms with Crippen molar-refractivity contribution in [2.45, 2.75) is 13.3 Å². The first-order valence-electron chi connectivity index (χ1n) is 4.99. The van der Waals surface area contributed by atoms with Gasteiger partial charge in [-0.15, -0.1) is 0 Å². The Bertz CT molecular complexity index is 469. The van der Waals surface area contributed by atoms with Crippen LogP contribution in [0.3, 0.4) is 0 Å². The summed E-state index contributed by atoms with van der Waals surface area (Å²) < 4.78 is 0. The van der Waals surface area contributed by atoms with E-state index in [9.17, 15) is 19.7 Å². The largest absolute Gasteiger partial charge is 0.481 e. The number of carboxylic acid groups (broad SMARTS) is 1. The number of benzene rings is 1. The quantitative estimate of drug-likeness (QED) is 0.365. The number of carbonyl (C=O) groups excluding carboxylic acids is 1. The lowest BCUT2D eigenvalue weighted by Crippen LogP contribution is -2.23. The van der Waals surface area contributed by atoms with Crippen molar-refractivity contribution in [2.24, 2.45) is 5.92 Å². The molecule has 0 fully saturated rings. The van der Waals surface area contributed by atoms with E-state index in [4.69, 9.17) is 5.11 Å². The van der Waals surface area contributed by atoms with Crippen LogP contribution in [0.25, 0.3) is 0 Å². The highest BCUT2D eigenvalue weighted by Gasteiger charge is 2.30. The van der Waals surface area contributed by atoms with E-state index < -0.39 is 22.6 Å². The van der Waals surface area contributed by atoms with E-state index in [0.29, 0.717) is 0 Å². The number of nitro benzene ring substituents is 1. The van der Waals surface area contributed by atoms with Crippen LogP contribution in [0.2, 0.25) is 0 Å². The molecule has 0 bridgehead atoms. The minimum Gasteiger partial charge on any atom is -0.481 e. The zero-order chi connectivity index (χ0) is 13.0. The van der Waals surface area contributed by atoms with Gasteiger partial charge in [-0.25, -0.2) is 0 Å². The molecular weight excluding hydrogens is 226 g/mol. The molecule has 0 saturated heterocycles. The Balaban J connectivity index is 3.20. The SMILES string of the molecule is CCC(C(=O)O)C(=O)c1ccccc1[N+](=O)[O-]. The number of para-hydroxylation sites is 1. The molecule has 1 unspecified atom stereocenters. The first-order chi connectivity index (χ1) is 7.99.